The molecule has 0 bridgehead atoms. The van der Waals surface area contributed by atoms with Crippen LogP contribution in [0.2, 0.25) is 5.02 Å². The van der Waals surface area contributed by atoms with Crippen molar-refractivity contribution >= 4 is 44.2 Å². The number of hydrogen-bond acceptors (Lipinski definition) is 5. The lowest BCUT2D eigenvalue weighted by Gasteiger charge is -2.29. The lowest BCUT2D eigenvalue weighted by Crippen LogP contribution is -2.43. The Morgan fingerprint density at radius 3 is 2.79 bits per heavy atom. The van der Waals surface area contributed by atoms with Crippen molar-refractivity contribution in [2.45, 2.75) is 0 Å². The van der Waals surface area contributed by atoms with E-state index >= 15 is 0 Å². The molecule has 1 saturated heterocycles. The Balaban J connectivity index is 1.64. The van der Waals surface area contributed by atoms with Gasteiger partial charge in [0.15, 0.2) is 5.13 Å². The first-order valence-electron chi connectivity index (χ1n) is 9.04. The summed E-state index contributed by atoms with van der Waals surface area (Å²) in [6.45, 7) is 4.21. The lowest BCUT2D eigenvalue weighted by molar-refractivity contribution is 0.0391. The van der Waals surface area contributed by atoms with Gasteiger partial charge in [0.25, 0.3) is 5.91 Å². The molecule has 1 fully saturated rings. The minimum Gasteiger partial charge on any atom is -0.379 e. The normalized spacial score (nSPS) is 15.1. The second-order valence-corrected chi connectivity index (χ2v) is 7.92. The summed E-state index contributed by atoms with van der Waals surface area (Å²) >= 11 is 7.61. The van der Waals surface area contributed by atoms with E-state index in [9.17, 15) is 9.18 Å². The third kappa shape index (κ3) is 4.17. The van der Waals surface area contributed by atoms with Crippen molar-refractivity contribution in [3.05, 3.63) is 58.9 Å². The third-order valence-electron chi connectivity index (χ3n) is 4.66. The van der Waals surface area contributed by atoms with Crippen LogP contribution in [0.1, 0.15) is 10.4 Å². The van der Waals surface area contributed by atoms with Crippen molar-refractivity contribution in [2.24, 2.45) is 0 Å². The number of halogens is 2. The van der Waals surface area contributed by atoms with Gasteiger partial charge in [-0.3, -0.25) is 14.6 Å². The summed E-state index contributed by atoms with van der Waals surface area (Å²) in [4.78, 5) is 21.8. The Bertz CT molecular complexity index is 957. The average molecular weight is 420 g/mol. The number of rotatable bonds is 5. The number of amides is 1. The molecule has 0 atom stereocenters. The standard InChI is InChI=1S/C20H19ClFN3O2S/c21-16-13-14(22)5-6-15(16)19(26)25(8-7-24-9-11-27-12-10-24)20-23-17-3-1-2-4-18(17)28-20/h1-6,13H,7-12H2. The van der Waals surface area contributed by atoms with Crippen LogP contribution in [-0.2, 0) is 4.74 Å². The van der Waals surface area contributed by atoms with Gasteiger partial charge in [-0.25, -0.2) is 9.37 Å². The molecule has 0 saturated carbocycles. The molecule has 1 amide bonds. The molecule has 146 valence electrons. The number of hydrogen-bond donors (Lipinski definition) is 0. The number of carbonyl (C=O) groups is 1. The van der Waals surface area contributed by atoms with E-state index in [4.69, 9.17) is 16.3 Å². The van der Waals surface area contributed by atoms with E-state index in [0.29, 0.717) is 31.4 Å². The molecule has 4 rings (SSSR count). The van der Waals surface area contributed by atoms with Gasteiger partial charge in [-0.05, 0) is 30.3 Å². The molecule has 5 nitrogen and oxygen atoms in total. The van der Waals surface area contributed by atoms with Gasteiger partial charge in [0.05, 0.1) is 34.0 Å². The van der Waals surface area contributed by atoms with Crippen molar-refractivity contribution in [2.75, 3.05) is 44.3 Å². The van der Waals surface area contributed by atoms with E-state index in [1.165, 1.54) is 23.5 Å². The van der Waals surface area contributed by atoms with Gasteiger partial charge in [0, 0.05) is 26.2 Å². The highest BCUT2D eigenvalue weighted by molar-refractivity contribution is 7.22. The van der Waals surface area contributed by atoms with E-state index in [1.807, 2.05) is 24.3 Å². The zero-order valence-electron chi connectivity index (χ0n) is 15.1. The number of para-hydroxylation sites is 1. The highest BCUT2D eigenvalue weighted by Crippen LogP contribution is 2.30. The average Bonchev–Trinajstić information content (AvgIpc) is 3.12. The van der Waals surface area contributed by atoms with Gasteiger partial charge in [0.2, 0.25) is 0 Å². The molecule has 0 spiro atoms. The molecule has 2 heterocycles. The fraction of sp³-hybridized carbons (Fsp3) is 0.300. The Morgan fingerprint density at radius 2 is 2.04 bits per heavy atom. The first-order chi connectivity index (χ1) is 13.6. The third-order valence-corrected chi connectivity index (χ3v) is 6.04. The zero-order chi connectivity index (χ0) is 19.5. The molecule has 0 N–H and O–H groups in total. The number of benzene rings is 2. The van der Waals surface area contributed by atoms with E-state index in [-0.39, 0.29) is 16.5 Å². The minimum atomic E-state index is -0.471. The van der Waals surface area contributed by atoms with Crippen LogP contribution in [-0.4, -0.2) is 55.2 Å². The van der Waals surface area contributed by atoms with Crippen molar-refractivity contribution in [1.82, 2.24) is 9.88 Å². The molecule has 1 aromatic heterocycles. The highest BCUT2D eigenvalue weighted by atomic mass is 35.5. The minimum absolute atomic E-state index is 0.0995. The van der Waals surface area contributed by atoms with Crippen LogP contribution in [0.3, 0.4) is 0 Å². The molecule has 2 aromatic carbocycles. The quantitative estimate of drug-likeness (QED) is 0.625. The molecular weight excluding hydrogens is 401 g/mol. The summed E-state index contributed by atoms with van der Waals surface area (Å²) in [7, 11) is 0. The van der Waals surface area contributed by atoms with Crippen molar-refractivity contribution in [1.29, 1.82) is 0 Å². The van der Waals surface area contributed by atoms with Gasteiger partial charge in [0.1, 0.15) is 5.82 Å². The fourth-order valence-electron chi connectivity index (χ4n) is 3.13. The van der Waals surface area contributed by atoms with Crippen LogP contribution < -0.4 is 4.90 Å². The number of thiazole rings is 1. The summed E-state index contributed by atoms with van der Waals surface area (Å²) in [5.41, 5.74) is 1.11. The van der Waals surface area contributed by atoms with Gasteiger partial charge < -0.3 is 4.74 Å². The predicted molar refractivity (Wildman–Crippen MR) is 110 cm³/mol. The largest absolute Gasteiger partial charge is 0.379 e. The number of nitrogens with zero attached hydrogens (tertiary/aromatic N) is 3. The predicted octanol–water partition coefficient (Wildman–Crippen LogP) is 4.07. The van der Waals surface area contributed by atoms with E-state index in [1.54, 1.807) is 4.90 Å². The van der Waals surface area contributed by atoms with Crippen molar-refractivity contribution < 1.29 is 13.9 Å². The van der Waals surface area contributed by atoms with E-state index in [2.05, 4.69) is 9.88 Å². The molecule has 0 unspecified atom stereocenters. The molecule has 0 radical (unpaired) electrons. The van der Waals surface area contributed by atoms with Crippen LogP contribution in [0.15, 0.2) is 42.5 Å². The summed E-state index contributed by atoms with van der Waals surface area (Å²) in [6.07, 6.45) is 0. The van der Waals surface area contributed by atoms with E-state index < -0.39 is 5.82 Å². The number of ether oxygens (including phenoxy) is 1. The maximum atomic E-state index is 13.4. The molecule has 1 aliphatic rings. The van der Waals surface area contributed by atoms with Crippen LogP contribution in [0.25, 0.3) is 10.2 Å². The SMILES string of the molecule is O=C(c1ccc(F)cc1Cl)N(CCN1CCOCC1)c1nc2ccccc2s1. The van der Waals surface area contributed by atoms with Crippen molar-refractivity contribution in [3.63, 3.8) is 0 Å². The second-order valence-electron chi connectivity index (χ2n) is 6.50. The van der Waals surface area contributed by atoms with Crippen LogP contribution in [0.5, 0.6) is 0 Å². The van der Waals surface area contributed by atoms with Gasteiger partial charge in [-0.15, -0.1) is 0 Å². The summed E-state index contributed by atoms with van der Waals surface area (Å²) in [6, 6.07) is 11.6. The maximum absolute atomic E-state index is 13.4. The zero-order valence-corrected chi connectivity index (χ0v) is 16.7. The number of fused-ring (bicyclic) bond motifs is 1. The highest BCUT2D eigenvalue weighted by Gasteiger charge is 2.24. The van der Waals surface area contributed by atoms with Gasteiger partial charge in [-0.1, -0.05) is 35.1 Å². The van der Waals surface area contributed by atoms with Gasteiger partial charge >= 0.3 is 0 Å². The van der Waals surface area contributed by atoms with Crippen LogP contribution in [0.4, 0.5) is 9.52 Å². The smallest absolute Gasteiger partial charge is 0.261 e. The molecule has 3 aromatic rings. The number of carbonyl (C=O) groups excluding carboxylic acids is 1. The Labute approximate surface area is 171 Å². The van der Waals surface area contributed by atoms with Gasteiger partial charge in [-0.2, -0.15) is 0 Å². The second kappa shape index (κ2) is 8.53. The van der Waals surface area contributed by atoms with Crippen LogP contribution in [0, 0.1) is 5.82 Å². The summed E-state index contributed by atoms with van der Waals surface area (Å²) < 4.78 is 19.8. The van der Waals surface area contributed by atoms with Crippen LogP contribution >= 0.6 is 22.9 Å². The lowest BCUT2D eigenvalue weighted by atomic mass is 10.2. The number of morpholine rings is 1. The number of anilines is 1. The maximum Gasteiger partial charge on any atom is 0.261 e. The fourth-order valence-corrected chi connectivity index (χ4v) is 4.37. The van der Waals surface area contributed by atoms with E-state index in [0.717, 1.165) is 29.4 Å². The summed E-state index contributed by atoms with van der Waals surface area (Å²) in [5, 5.41) is 0.710. The first kappa shape index (κ1) is 19.3. The Kier molecular flexibility index (Phi) is 5.87. The Hall–Kier alpha value is -2.06. The number of aromatic nitrogens is 1. The van der Waals surface area contributed by atoms with Crippen molar-refractivity contribution in [3.8, 4) is 0 Å². The first-order valence-corrected chi connectivity index (χ1v) is 10.2. The Morgan fingerprint density at radius 1 is 1.25 bits per heavy atom. The summed E-state index contributed by atoms with van der Waals surface area (Å²) in [5.74, 6) is -0.751. The monoisotopic (exact) mass is 419 g/mol. The molecule has 0 aliphatic carbocycles. The molecule has 8 heteroatoms. The topological polar surface area (TPSA) is 45.7 Å². The molecular formula is C20H19ClFN3O2S. The molecule has 1 aliphatic heterocycles. The molecule has 28 heavy (non-hydrogen) atoms.